The first kappa shape index (κ1) is 19.8. The summed E-state index contributed by atoms with van der Waals surface area (Å²) in [5, 5.41) is 18.8. The summed E-state index contributed by atoms with van der Waals surface area (Å²) in [5.41, 5.74) is 1.02. The van der Waals surface area contributed by atoms with Crippen molar-refractivity contribution in [1.82, 2.24) is 20.7 Å². The van der Waals surface area contributed by atoms with E-state index in [1.165, 1.54) is 19.3 Å². The first-order valence-corrected chi connectivity index (χ1v) is 9.98. The molecule has 1 saturated heterocycles. The molecule has 2 aliphatic rings. The van der Waals surface area contributed by atoms with E-state index >= 15 is 0 Å². The van der Waals surface area contributed by atoms with Gasteiger partial charge in [0.15, 0.2) is 5.76 Å². The van der Waals surface area contributed by atoms with Gasteiger partial charge < -0.3 is 20.3 Å². The molecule has 27 heavy (non-hydrogen) atoms. The smallest absolute Gasteiger partial charge is 0.245 e. The highest BCUT2D eigenvalue weighted by atomic mass is 16.5. The second-order valence-corrected chi connectivity index (χ2v) is 7.55. The van der Waals surface area contributed by atoms with Gasteiger partial charge in [0.05, 0.1) is 18.3 Å². The zero-order valence-corrected chi connectivity index (χ0v) is 15.9. The average molecular weight is 378 g/mol. The van der Waals surface area contributed by atoms with Crippen molar-refractivity contribution in [3.8, 4) is 0 Å². The number of hydrogen-bond donors (Lipinski definition) is 3. The number of aliphatic hydroxyl groups is 1. The number of aromatic nitrogens is 1. The fraction of sp³-hybridized carbons (Fsp3) is 0.737. The lowest BCUT2D eigenvalue weighted by atomic mass is 9.87. The highest BCUT2D eigenvalue weighted by Gasteiger charge is 2.37. The number of likely N-dealkylation sites (tertiary alicyclic amines) is 1. The van der Waals surface area contributed by atoms with E-state index in [0.29, 0.717) is 32.0 Å². The Morgan fingerprint density at radius 1 is 1.33 bits per heavy atom. The van der Waals surface area contributed by atoms with Gasteiger partial charge in [-0.25, -0.2) is 0 Å². The van der Waals surface area contributed by atoms with Crippen molar-refractivity contribution in [3.63, 3.8) is 0 Å². The number of nitrogens with zero attached hydrogens (tertiary/aromatic N) is 2. The molecule has 3 rings (SSSR count). The zero-order valence-electron chi connectivity index (χ0n) is 15.9. The largest absolute Gasteiger partial charge is 0.387 e. The third kappa shape index (κ3) is 5.07. The van der Waals surface area contributed by atoms with Gasteiger partial charge in [-0.05, 0) is 26.2 Å². The zero-order chi connectivity index (χ0) is 19.2. The van der Waals surface area contributed by atoms with Crippen molar-refractivity contribution in [2.45, 2.75) is 70.0 Å². The molecule has 1 aliphatic carbocycles. The van der Waals surface area contributed by atoms with Gasteiger partial charge in [-0.2, -0.15) is 0 Å². The Kier molecular flexibility index (Phi) is 6.84. The van der Waals surface area contributed by atoms with Gasteiger partial charge in [-0.1, -0.05) is 24.4 Å². The van der Waals surface area contributed by atoms with E-state index < -0.39 is 12.5 Å². The molecule has 0 aromatic carbocycles. The Hall–Kier alpha value is -1.93. The lowest BCUT2D eigenvalue weighted by Crippen LogP contribution is -2.42. The van der Waals surface area contributed by atoms with Crippen LogP contribution in [-0.2, 0) is 16.1 Å². The Labute approximate surface area is 159 Å². The number of hydrogen-bond acceptors (Lipinski definition) is 6. The van der Waals surface area contributed by atoms with Crippen LogP contribution < -0.4 is 10.6 Å². The van der Waals surface area contributed by atoms with E-state index in [2.05, 4.69) is 15.8 Å². The molecular formula is C19H30N4O4. The topological polar surface area (TPSA) is 108 Å². The molecule has 2 fully saturated rings. The molecule has 1 aliphatic heterocycles. The highest BCUT2D eigenvalue weighted by molar-refractivity contribution is 5.82. The van der Waals surface area contributed by atoms with Gasteiger partial charge in [0.1, 0.15) is 6.61 Å². The standard InChI is InChI=1S/C19H30N4O4/c1-2-20-19(26)17-8-14(21-18(25)12-24)10-23(17)11-15-9-16(22-27-15)13-6-4-3-5-7-13/h9,13-14,17,24H,2-8,10-12H2,1H3,(H,20,26)(H,21,25)/t14-,17-/m0/s1. The fourth-order valence-electron chi connectivity index (χ4n) is 4.22. The van der Waals surface area contributed by atoms with Gasteiger partial charge in [-0.15, -0.1) is 0 Å². The molecule has 1 aromatic heterocycles. The maximum Gasteiger partial charge on any atom is 0.245 e. The number of carbonyl (C=O) groups excluding carboxylic acids is 2. The summed E-state index contributed by atoms with van der Waals surface area (Å²) in [6.45, 7) is 2.91. The van der Waals surface area contributed by atoms with Crippen LogP contribution in [0.2, 0.25) is 0 Å². The van der Waals surface area contributed by atoms with Crippen LogP contribution in [0.3, 0.4) is 0 Å². The quantitative estimate of drug-likeness (QED) is 0.651. The van der Waals surface area contributed by atoms with E-state index in [1.54, 1.807) is 0 Å². The molecule has 8 heteroatoms. The molecule has 1 aromatic rings. The number of rotatable bonds is 7. The van der Waals surface area contributed by atoms with Crippen molar-refractivity contribution in [3.05, 3.63) is 17.5 Å². The molecule has 0 radical (unpaired) electrons. The molecule has 0 bridgehead atoms. The van der Waals surface area contributed by atoms with Crippen LogP contribution >= 0.6 is 0 Å². The molecule has 0 spiro atoms. The predicted octanol–water partition coefficient (Wildman–Crippen LogP) is 0.910. The minimum absolute atomic E-state index is 0.0507. The SMILES string of the molecule is CCNC(=O)[C@@H]1C[C@H](NC(=O)CO)CN1Cc1cc(C2CCCCC2)no1. The summed E-state index contributed by atoms with van der Waals surface area (Å²) >= 11 is 0. The van der Waals surface area contributed by atoms with Gasteiger partial charge in [-0.3, -0.25) is 14.5 Å². The Morgan fingerprint density at radius 2 is 2.11 bits per heavy atom. The molecule has 2 amide bonds. The highest BCUT2D eigenvalue weighted by Crippen LogP contribution is 2.32. The van der Waals surface area contributed by atoms with E-state index in [9.17, 15) is 9.59 Å². The minimum atomic E-state index is -0.546. The lowest BCUT2D eigenvalue weighted by molar-refractivity contribution is -0.126. The normalized spacial score (nSPS) is 24.1. The first-order valence-electron chi connectivity index (χ1n) is 9.98. The summed E-state index contributed by atoms with van der Waals surface area (Å²) in [4.78, 5) is 26.0. The molecule has 3 N–H and O–H groups in total. The number of carbonyl (C=O) groups is 2. The molecule has 1 saturated carbocycles. The van der Waals surface area contributed by atoms with E-state index in [0.717, 1.165) is 24.3 Å². The monoisotopic (exact) mass is 378 g/mol. The summed E-state index contributed by atoms with van der Waals surface area (Å²) in [6.07, 6.45) is 6.61. The van der Waals surface area contributed by atoms with Crippen molar-refractivity contribution in [1.29, 1.82) is 0 Å². The molecule has 8 nitrogen and oxygen atoms in total. The number of amides is 2. The second kappa shape index (κ2) is 9.32. The third-order valence-corrected chi connectivity index (χ3v) is 5.53. The van der Waals surface area contributed by atoms with Gasteiger partial charge >= 0.3 is 0 Å². The maximum absolute atomic E-state index is 12.4. The van der Waals surface area contributed by atoms with Crippen LogP contribution in [0.5, 0.6) is 0 Å². The van der Waals surface area contributed by atoms with Gasteiger partial charge in [0.2, 0.25) is 11.8 Å². The Balaban J connectivity index is 1.65. The summed E-state index contributed by atoms with van der Waals surface area (Å²) in [5.74, 6) is 0.755. The summed E-state index contributed by atoms with van der Waals surface area (Å²) < 4.78 is 5.55. The molecule has 2 atom stereocenters. The molecule has 0 unspecified atom stereocenters. The van der Waals surface area contributed by atoms with E-state index in [4.69, 9.17) is 9.63 Å². The second-order valence-electron chi connectivity index (χ2n) is 7.55. The molecule has 2 heterocycles. The lowest BCUT2D eigenvalue weighted by Gasteiger charge is -2.21. The van der Waals surface area contributed by atoms with Crippen LogP contribution in [0.25, 0.3) is 0 Å². The minimum Gasteiger partial charge on any atom is -0.387 e. The van der Waals surface area contributed by atoms with Crippen LogP contribution in [0.1, 0.15) is 62.8 Å². The average Bonchev–Trinajstić information content (AvgIpc) is 3.30. The van der Waals surface area contributed by atoms with E-state index in [-0.39, 0.29) is 18.0 Å². The van der Waals surface area contributed by atoms with Crippen molar-refractivity contribution in [2.24, 2.45) is 0 Å². The Morgan fingerprint density at radius 3 is 2.81 bits per heavy atom. The van der Waals surface area contributed by atoms with E-state index in [1.807, 2.05) is 17.9 Å². The third-order valence-electron chi connectivity index (χ3n) is 5.53. The van der Waals surface area contributed by atoms with Crippen molar-refractivity contribution >= 4 is 11.8 Å². The fourth-order valence-corrected chi connectivity index (χ4v) is 4.22. The Bertz CT molecular complexity index is 641. The van der Waals surface area contributed by atoms with Crippen LogP contribution in [-0.4, -0.2) is 58.8 Å². The van der Waals surface area contributed by atoms with Crippen molar-refractivity contribution < 1.29 is 19.2 Å². The van der Waals surface area contributed by atoms with Crippen molar-refractivity contribution in [2.75, 3.05) is 19.7 Å². The van der Waals surface area contributed by atoms with Crippen LogP contribution in [0, 0.1) is 0 Å². The number of aliphatic hydroxyl groups excluding tert-OH is 1. The van der Waals surface area contributed by atoms with Crippen LogP contribution in [0.4, 0.5) is 0 Å². The van der Waals surface area contributed by atoms with Gasteiger partial charge in [0, 0.05) is 31.1 Å². The maximum atomic E-state index is 12.4. The van der Waals surface area contributed by atoms with Gasteiger partial charge in [0.25, 0.3) is 0 Å². The summed E-state index contributed by atoms with van der Waals surface area (Å²) in [7, 11) is 0. The number of nitrogens with one attached hydrogen (secondary N) is 2. The summed E-state index contributed by atoms with van der Waals surface area (Å²) in [6, 6.07) is 1.51. The predicted molar refractivity (Wildman–Crippen MR) is 98.8 cm³/mol. The van der Waals surface area contributed by atoms with Crippen LogP contribution in [0.15, 0.2) is 10.6 Å². The molecule has 150 valence electrons. The molecular weight excluding hydrogens is 348 g/mol. The number of likely N-dealkylation sites (N-methyl/N-ethyl adjacent to an activating group) is 1. The first-order chi connectivity index (χ1) is 13.1.